The topological polar surface area (TPSA) is 16.4 Å². The van der Waals surface area contributed by atoms with Crippen molar-refractivity contribution in [2.75, 3.05) is 4.90 Å². The van der Waals surface area contributed by atoms with Gasteiger partial charge in [-0.1, -0.05) is 140 Å². The molecule has 0 saturated heterocycles. The molecule has 51 heavy (non-hydrogen) atoms. The van der Waals surface area contributed by atoms with Gasteiger partial charge in [0.05, 0.1) is 11.1 Å². The van der Waals surface area contributed by atoms with Gasteiger partial charge in [-0.3, -0.25) is 0 Å². The Morgan fingerprint density at radius 2 is 0.922 bits per heavy atom. The van der Waals surface area contributed by atoms with Crippen LogP contribution in [0.4, 0.5) is 17.1 Å². The molecule has 0 aliphatic heterocycles. The van der Waals surface area contributed by atoms with E-state index in [2.05, 4.69) is 181 Å². The van der Waals surface area contributed by atoms with Crippen LogP contribution in [0.1, 0.15) is 22.3 Å². The van der Waals surface area contributed by atoms with Crippen LogP contribution in [0.15, 0.2) is 192 Å². The largest absolute Gasteiger partial charge is 0.456 e. The molecular formula is C49H31NO. The van der Waals surface area contributed by atoms with Crippen LogP contribution >= 0.6 is 0 Å². The number of furan rings is 1. The van der Waals surface area contributed by atoms with Crippen LogP contribution in [0.2, 0.25) is 0 Å². The van der Waals surface area contributed by atoms with Gasteiger partial charge in [0.25, 0.3) is 0 Å². The molecule has 0 unspecified atom stereocenters. The molecule has 9 aromatic rings. The lowest BCUT2D eigenvalue weighted by molar-refractivity contribution is 0.669. The minimum atomic E-state index is -0.392. The van der Waals surface area contributed by atoms with Crippen molar-refractivity contribution in [2.24, 2.45) is 0 Å². The van der Waals surface area contributed by atoms with E-state index in [-0.39, 0.29) is 0 Å². The molecule has 2 aliphatic rings. The Labute approximate surface area is 296 Å². The summed E-state index contributed by atoms with van der Waals surface area (Å²) < 4.78 is 6.12. The minimum absolute atomic E-state index is 0.392. The number of hydrogen-bond acceptors (Lipinski definition) is 2. The van der Waals surface area contributed by atoms with Gasteiger partial charge in [-0.2, -0.15) is 0 Å². The molecule has 2 nitrogen and oxygen atoms in total. The molecule has 0 radical (unpaired) electrons. The number of fused-ring (bicyclic) bond motifs is 13. The Morgan fingerprint density at radius 1 is 0.373 bits per heavy atom. The lowest BCUT2D eigenvalue weighted by Crippen LogP contribution is -2.26. The highest BCUT2D eigenvalue weighted by Gasteiger charge is 2.52. The third kappa shape index (κ3) is 3.87. The molecular weight excluding hydrogens is 619 g/mol. The second-order valence-electron chi connectivity index (χ2n) is 13.6. The van der Waals surface area contributed by atoms with Crippen LogP contribution in [0.25, 0.3) is 55.3 Å². The molecule has 11 rings (SSSR count). The van der Waals surface area contributed by atoms with E-state index in [0.717, 1.165) is 33.3 Å². The molecule has 0 N–H and O–H groups in total. The summed E-state index contributed by atoms with van der Waals surface area (Å²) >= 11 is 0. The summed E-state index contributed by atoms with van der Waals surface area (Å²) in [5.41, 5.74) is 17.8. The minimum Gasteiger partial charge on any atom is -0.456 e. The fraction of sp³-hybridized carbons (Fsp3) is 0.0204. The van der Waals surface area contributed by atoms with Gasteiger partial charge in [0.2, 0.25) is 0 Å². The standard InChI is InChI=1S/C49H31NO/c1-2-13-34(14-3-1)50(35-28-25-32(26-29-35)33-27-30-47-40(31-33)38-17-7-11-24-46(38)51-47)45-23-12-22-44-48(45)39-18-6-10-21-43(39)49(44)41-19-8-4-15-36(41)37-16-5-9-20-42(37)49/h1-31H. The first-order valence-corrected chi connectivity index (χ1v) is 17.6. The number of rotatable bonds is 4. The van der Waals surface area contributed by atoms with E-state index in [4.69, 9.17) is 4.42 Å². The molecule has 1 aromatic heterocycles. The average molecular weight is 650 g/mol. The predicted octanol–water partition coefficient (Wildman–Crippen LogP) is 13.1. The van der Waals surface area contributed by atoms with Gasteiger partial charge in [-0.15, -0.1) is 0 Å². The Morgan fingerprint density at radius 3 is 1.67 bits per heavy atom. The van der Waals surface area contributed by atoms with Crippen molar-refractivity contribution in [3.63, 3.8) is 0 Å². The van der Waals surface area contributed by atoms with Crippen LogP contribution in [-0.2, 0) is 5.41 Å². The molecule has 0 bridgehead atoms. The van der Waals surface area contributed by atoms with Gasteiger partial charge >= 0.3 is 0 Å². The van der Waals surface area contributed by atoms with Crippen molar-refractivity contribution in [3.8, 4) is 33.4 Å². The average Bonchev–Trinajstić information content (AvgIpc) is 3.83. The summed E-state index contributed by atoms with van der Waals surface area (Å²) in [4.78, 5) is 2.43. The highest BCUT2D eigenvalue weighted by atomic mass is 16.3. The van der Waals surface area contributed by atoms with E-state index in [1.807, 2.05) is 12.1 Å². The molecule has 1 heterocycles. The number of benzene rings is 8. The zero-order valence-corrected chi connectivity index (χ0v) is 27.8. The number of hydrogen-bond donors (Lipinski definition) is 0. The summed E-state index contributed by atoms with van der Waals surface area (Å²) in [5, 5.41) is 2.28. The molecule has 238 valence electrons. The lowest BCUT2D eigenvalue weighted by atomic mass is 9.70. The number of nitrogens with zero attached hydrogens (tertiary/aromatic N) is 1. The summed E-state index contributed by atoms with van der Waals surface area (Å²) in [7, 11) is 0. The SMILES string of the molecule is c1ccc(N(c2ccc(-c3ccc4oc5ccccc5c4c3)cc2)c2cccc3c2-c2ccccc2C32c3ccccc3-c3ccccc32)cc1. The third-order valence-electron chi connectivity index (χ3n) is 11.1. The van der Waals surface area contributed by atoms with E-state index in [0.29, 0.717) is 0 Å². The first-order valence-electron chi connectivity index (χ1n) is 17.6. The van der Waals surface area contributed by atoms with Crippen molar-refractivity contribution < 1.29 is 4.42 Å². The third-order valence-corrected chi connectivity index (χ3v) is 11.1. The maximum atomic E-state index is 6.12. The van der Waals surface area contributed by atoms with Crippen molar-refractivity contribution in [2.45, 2.75) is 5.41 Å². The molecule has 0 atom stereocenters. The monoisotopic (exact) mass is 649 g/mol. The fourth-order valence-electron chi connectivity index (χ4n) is 9.02. The van der Waals surface area contributed by atoms with Crippen molar-refractivity contribution in [3.05, 3.63) is 210 Å². The van der Waals surface area contributed by atoms with Gasteiger partial charge in [-0.25, -0.2) is 0 Å². The summed E-state index contributed by atoms with van der Waals surface area (Å²) in [5.74, 6) is 0. The quantitative estimate of drug-likeness (QED) is 0.189. The van der Waals surface area contributed by atoms with E-state index in [9.17, 15) is 0 Å². The highest BCUT2D eigenvalue weighted by Crippen LogP contribution is 2.64. The smallest absolute Gasteiger partial charge is 0.135 e. The van der Waals surface area contributed by atoms with Crippen LogP contribution < -0.4 is 4.90 Å². The Balaban J connectivity index is 1.11. The van der Waals surface area contributed by atoms with Crippen molar-refractivity contribution in [1.82, 2.24) is 0 Å². The first-order chi connectivity index (χ1) is 25.3. The van der Waals surface area contributed by atoms with Gasteiger partial charge in [0.15, 0.2) is 0 Å². The van der Waals surface area contributed by atoms with Crippen LogP contribution in [0.5, 0.6) is 0 Å². The second kappa shape index (κ2) is 10.7. The molecule has 1 spiro atoms. The van der Waals surface area contributed by atoms with E-state index in [1.54, 1.807) is 0 Å². The van der Waals surface area contributed by atoms with Gasteiger partial charge in [0.1, 0.15) is 11.2 Å². The van der Waals surface area contributed by atoms with Gasteiger partial charge < -0.3 is 9.32 Å². The van der Waals surface area contributed by atoms with Crippen LogP contribution in [0.3, 0.4) is 0 Å². The number of anilines is 3. The van der Waals surface area contributed by atoms with E-state index < -0.39 is 5.41 Å². The van der Waals surface area contributed by atoms with E-state index >= 15 is 0 Å². The molecule has 0 saturated carbocycles. The fourth-order valence-corrected chi connectivity index (χ4v) is 9.02. The molecule has 8 aromatic carbocycles. The maximum absolute atomic E-state index is 6.12. The molecule has 0 amide bonds. The molecule has 0 fully saturated rings. The van der Waals surface area contributed by atoms with Crippen LogP contribution in [0, 0.1) is 0 Å². The zero-order chi connectivity index (χ0) is 33.5. The summed E-state index contributed by atoms with van der Waals surface area (Å²) in [6.45, 7) is 0. The van der Waals surface area contributed by atoms with Crippen LogP contribution in [-0.4, -0.2) is 0 Å². The normalized spacial score (nSPS) is 13.3. The zero-order valence-electron chi connectivity index (χ0n) is 27.8. The maximum Gasteiger partial charge on any atom is 0.135 e. The Kier molecular flexibility index (Phi) is 5.91. The van der Waals surface area contributed by atoms with Crippen molar-refractivity contribution in [1.29, 1.82) is 0 Å². The Bertz CT molecular complexity index is 2760. The molecule has 2 heteroatoms. The van der Waals surface area contributed by atoms with Gasteiger partial charge in [0, 0.05) is 27.7 Å². The summed E-state index contributed by atoms with van der Waals surface area (Å²) in [6, 6.07) is 68.5. The lowest BCUT2D eigenvalue weighted by Gasteiger charge is -2.31. The summed E-state index contributed by atoms with van der Waals surface area (Å²) in [6.07, 6.45) is 0. The van der Waals surface area contributed by atoms with Gasteiger partial charge in [-0.05, 0) is 98.6 Å². The number of para-hydroxylation sites is 2. The second-order valence-corrected chi connectivity index (χ2v) is 13.6. The predicted molar refractivity (Wildman–Crippen MR) is 210 cm³/mol. The first kappa shape index (κ1) is 28.2. The molecule has 2 aliphatic carbocycles. The van der Waals surface area contributed by atoms with E-state index in [1.165, 1.54) is 61.3 Å². The Hall–Kier alpha value is -6.64. The van der Waals surface area contributed by atoms with Crippen molar-refractivity contribution >= 4 is 39.0 Å². The highest BCUT2D eigenvalue weighted by molar-refractivity contribution is 6.06.